The molecule has 1 aliphatic carbocycles. The van der Waals surface area contributed by atoms with Crippen LogP contribution < -0.4 is 10.6 Å². The lowest BCUT2D eigenvalue weighted by Gasteiger charge is -2.26. The van der Waals surface area contributed by atoms with Gasteiger partial charge in [0.2, 0.25) is 17.7 Å². The largest absolute Gasteiger partial charge is 0.352 e. The van der Waals surface area contributed by atoms with Gasteiger partial charge in [0.05, 0.1) is 12.5 Å². The van der Waals surface area contributed by atoms with Crippen molar-refractivity contribution in [3.8, 4) is 0 Å². The molecule has 1 aromatic carbocycles. The highest BCUT2D eigenvalue weighted by Crippen LogP contribution is 2.25. The second-order valence-electron chi connectivity index (χ2n) is 6.90. The minimum Gasteiger partial charge on any atom is -0.352 e. The van der Waals surface area contributed by atoms with Gasteiger partial charge in [0.15, 0.2) is 0 Å². The second kappa shape index (κ2) is 7.68. The van der Waals surface area contributed by atoms with E-state index in [1.807, 2.05) is 30.3 Å². The molecule has 1 saturated heterocycles. The smallest absolute Gasteiger partial charge is 0.243 e. The van der Waals surface area contributed by atoms with Crippen LogP contribution in [-0.2, 0) is 14.4 Å². The lowest BCUT2D eigenvalue weighted by Crippen LogP contribution is -2.47. The molecule has 25 heavy (non-hydrogen) atoms. The number of likely N-dealkylation sites (tertiary alicyclic amines) is 1. The third kappa shape index (κ3) is 4.59. The van der Waals surface area contributed by atoms with Crippen molar-refractivity contribution in [2.45, 2.75) is 57.2 Å². The summed E-state index contributed by atoms with van der Waals surface area (Å²) in [7, 11) is 0. The summed E-state index contributed by atoms with van der Waals surface area (Å²) in [6, 6.07) is 9.01. The van der Waals surface area contributed by atoms with Gasteiger partial charge >= 0.3 is 0 Å². The molecule has 2 aliphatic rings. The minimum atomic E-state index is -0.376. The minimum absolute atomic E-state index is 0.0378. The zero-order valence-electron chi connectivity index (χ0n) is 14.5. The Kier molecular flexibility index (Phi) is 5.36. The number of benzene rings is 1. The van der Waals surface area contributed by atoms with E-state index in [1.165, 1.54) is 6.92 Å². The van der Waals surface area contributed by atoms with Crippen molar-refractivity contribution in [2.24, 2.45) is 0 Å². The molecular weight excluding hydrogens is 318 g/mol. The maximum absolute atomic E-state index is 12.8. The van der Waals surface area contributed by atoms with E-state index >= 15 is 0 Å². The SMILES string of the molecule is CC(=O)NC(CC(=O)N1CCCC1C(=O)NC1CC1)c1ccccc1. The van der Waals surface area contributed by atoms with E-state index in [0.29, 0.717) is 19.0 Å². The van der Waals surface area contributed by atoms with Crippen molar-refractivity contribution in [3.05, 3.63) is 35.9 Å². The van der Waals surface area contributed by atoms with Crippen molar-refractivity contribution in [3.63, 3.8) is 0 Å². The molecule has 1 saturated carbocycles. The molecule has 6 nitrogen and oxygen atoms in total. The van der Waals surface area contributed by atoms with E-state index in [1.54, 1.807) is 4.90 Å². The number of hydrogen-bond donors (Lipinski definition) is 2. The molecule has 2 fully saturated rings. The number of carbonyl (C=O) groups excluding carboxylic acids is 3. The Morgan fingerprint density at radius 3 is 2.52 bits per heavy atom. The van der Waals surface area contributed by atoms with E-state index < -0.39 is 0 Å². The van der Waals surface area contributed by atoms with Gasteiger partial charge in [-0.3, -0.25) is 14.4 Å². The number of rotatable bonds is 6. The Hall–Kier alpha value is -2.37. The maximum Gasteiger partial charge on any atom is 0.243 e. The lowest BCUT2D eigenvalue weighted by molar-refractivity contribution is -0.139. The molecule has 2 atom stereocenters. The highest BCUT2D eigenvalue weighted by molar-refractivity contribution is 5.89. The Labute approximate surface area is 148 Å². The van der Waals surface area contributed by atoms with E-state index in [-0.39, 0.29) is 36.2 Å². The van der Waals surface area contributed by atoms with E-state index in [0.717, 1.165) is 24.8 Å². The molecule has 2 N–H and O–H groups in total. The molecule has 0 radical (unpaired) electrons. The van der Waals surface area contributed by atoms with Crippen LogP contribution in [0.25, 0.3) is 0 Å². The fraction of sp³-hybridized carbons (Fsp3) is 0.526. The molecule has 0 spiro atoms. The van der Waals surface area contributed by atoms with Gasteiger partial charge in [0.1, 0.15) is 6.04 Å². The molecule has 2 unspecified atom stereocenters. The van der Waals surface area contributed by atoms with Crippen LogP contribution in [0.1, 0.15) is 50.6 Å². The van der Waals surface area contributed by atoms with Crippen LogP contribution in [0.15, 0.2) is 30.3 Å². The fourth-order valence-electron chi connectivity index (χ4n) is 3.34. The number of nitrogens with one attached hydrogen (secondary N) is 2. The molecule has 6 heteroatoms. The summed E-state index contributed by atoms with van der Waals surface area (Å²) in [6.07, 6.45) is 3.78. The average molecular weight is 343 g/mol. The Morgan fingerprint density at radius 1 is 1.16 bits per heavy atom. The van der Waals surface area contributed by atoms with Crippen molar-refractivity contribution in [1.29, 1.82) is 0 Å². The molecule has 1 heterocycles. The van der Waals surface area contributed by atoms with Crippen LogP contribution in [-0.4, -0.2) is 41.2 Å². The number of carbonyl (C=O) groups is 3. The molecule has 1 aromatic rings. The molecule has 0 aromatic heterocycles. The van der Waals surface area contributed by atoms with Crippen molar-refractivity contribution >= 4 is 17.7 Å². The Morgan fingerprint density at radius 2 is 1.88 bits per heavy atom. The van der Waals surface area contributed by atoms with Gasteiger partial charge in [-0.25, -0.2) is 0 Å². The molecule has 1 aliphatic heterocycles. The highest BCUT2D eigenvalue weighted by Gasteiger charge is 2.37. The summed E-state index contributed by atoms with van der Waals surface area (Å²) < 4.78 is 0. The predicted octanol–water partition coefficient (Wildman–Crippen LogP) is 1.52. The van der Waals surface area contributed by atoms with Crippen LogP contribution in [0.4, 0.5) is 0 Å². The zero-order chi connectivity index (χ0) is 17.8. The van der Waals surface area contributed by atoms with Gasteiger partial charge in [0, 0.05) is 19.5 Å². The Bertz CT molecular complexity index is 643. The van der Waals surface area contributed by atoms with Crippen LogP contribution in [0.2, 0.25) is 0 Å². The van der Waals surface area contributed by atoms with E-state index in [4.69, 9.17) is 0 Å². The summed E-state index contributed by atoms with van der Waals surface area (Å²) in [5.41, 5.74) is 0.893. The van der Waals surface area contributed by atoms with E-state index in [2.05, 4.69) is 10.6 Å². The molecule has 3 amide bonds. The number of amides is 3. The normalized spacial score (nSPS) is 20.8. The van der Waals surface area contributed by atoms with Gasteiger partial charge in [-0.15, -0.1) is 0 Å². The third-order valence-electron chi connectivity index (χ3n) is 4.76. The summed E-state index contributed by atoms with van der Waals surface area (Å²) >= 11 is 0. The van der Waals surface area contributed by atoms with Gasteiger partial charge in [0.25, 0.3) is 0 Å². The van der Waals surface area contributed by atoms with Crippen LogP contribution >= 0.6 is 0 Å². The fourth-order valence-corrected chi connectivity index (χ4v) is 3.34. The highest BCUT2D eigenvalue weighted by atomic mass is 16.2. The summed E-state index contributed by atoms with van der Waals surface area (Å²) in [6.45, 7) is 2.05. The second-order valence-corrected chi connectivity index (χ2v) is 6.90. The summed E-state index contributed by atoms with van der Waals surface area (Å²) in [5.74, 6) is -0.300. The first-order valence-corrected chi connectivity index (χ1v) is 8.96. The van der Waals surface area contributed by atoms with Crippen LogP contribution in [0.3, 0.4) is 0 Å². The Balaban J connectivity index is 1.67. The predicted molar refractivity (Wildman–Crippen MR) is 93.5 cm³/mol. The van der Waals surface area contributed by atoms with Crippen molar-refractivity contribution in [2.75, 3.05) is 6.54 Å². The quantitative estimate of drug-likeness (QED) is 0.822. The van der Waals surface area contributed by atoms with Gasteiger partial charge in [-0.2, -0.15) is 0 Å². The number of nitrogens with zero attached hydrogens (tertiary/aromatic N) is 1. The van der Waals surface area contributed by atoms with Gasteiger partial charge in [-0.05, 0) is 31.2 Å². The van der Waals surface area contributed by atoms with E-state index in [9.17, 15) is 14.4 Å². The summed E-state index contributed by atoms with van der Waals surface area (Å²) in [4.78, 5) is 38.4. The molecular formula is C19H25N3O3. The zero-order valence-corrected chi connectivity index (χ0v) is 14.5. The first kappa shape index (κ1) is 17.5. The van der Waals surface area contributed by atoms with Gasteiger partial charge < -0.3 is 15.5 Å². The molecule has 134 valence electrons. The van der Waals surface area contributed by atoms with Crippen molar-refractivity contribution in [1.82, 2.24) is 15.5 Å². The van der Waals surface area contributed by atoms with Crippen LogP contribution in [0.5, 0.6) is 0 Å². The molecule has 0 bridgehead atoms. The van der Waals surface area contributed by atoms with Crippen LogP contribution in [0, 0.1) is 0 Å². The van der Waals surface area contributed by atoms with Crippen molar-refractivity contribution < 1.29 is 14.4 Å². The lowest BCUT2D eigenvalue weighted by atomic mass is 10.0. The maximum atomic E-state index is 12.8. The topological polar surface area (TPSA) is 78.5 Å². The first-order valence-electron chi connectivity index (χ1n) is 8.96. The third-order valence-corrected chi connectivity index (χ3v) is 4.76. The monoisotopic (exact) mass is 343 g/mol. The standard InChI is InChI=1S/C19H25N3O3/c1-13(23)20-16(14-6-3-2-4-7-14)12-18(24)22-11-5-8-17(22)19(25)21-15-9-10-15/h2-4,6-7,15-17H,5,8-12H2,1H3,(H,20,23)(H,21,25). The van der Waals surface area contributed by atoms with Gasteiger partial charge in [-0.1, -0.05) is 30.3 Å². The first-order chi connectivity index (χ1) is 12.0. The molecule has 3 rings (SSSR count). The summed E-state index contributed by atoms with van der Waals surface area (Å²) in [5, 5.41) is 5.85. The number of hydrogen-bond acceptors (Lipinski definition) is 3. The average Bonchev–Trinajstić information content (AvgIpc) is 3.26.